The number of hydrogen-bond acceptors (Lipinski definition) is 3. The quantitative estimate of drug-likeness (QED) is 0.825. The van der Waals surface area contributed by atoms with Gasteiger partial charge in [-0.3, -0.25) is 0 Å². The number of hydrogen-bond donors (Lipinski definition) is 1. The van der Waals surface area contributed by atoms with Gasteiger partial charge in [-0.05, 0) is 0 Å². The molecule has 0 aromatic carbocycles. The van der Waals surface area contributed by atoms with Crippen molar-refractivity contribution in [2.24, 2.45) is 0 Å². The van der Waals surface area contributed by atoms with Gasteiger partial charge in [-0.15, -0.1) is 0 Å². The summed E-state index contributed by atoms with van der Waals surface area (Å²) in [5.41, 5.74) is 0.127. The van der Waals surface area contributed by atoms with E-state index >= 15 is 0 Å². The van der Waals surface area contributed by atoms with Crippen LogP contribution in [0.25, 0.3) is 0 Å². The summed E-state index contributed by atoms with van der Waals surface area (Å²) < 4.78 is 0. The van der Waals surface area contributed by atoms with Gasteiger partial charge in [0.25, 0.3) is 0 Å². The molecule has 0 aliphatic rings. The fourth-order valence-corrected chi connectivity index (χ4v) is 0.648. The van der Waals surface area contributed by atoms with E-state index in [1.807, 2.05) is 6.92 Å². The first-order chi connectivity index (χ1) is 5.24. The Hall–Kier alpha value is 0.0175. The minimum absolute atomic E-state index is 0. The van der Waals surface area contributed by atoms with Crippen LogP contribution in [0.5, 0.6) is 0 Å². The molecule has 0 aliphatic heterocycles. The van der Waals surface area contributed by atoms with E-state index < -0.39 is 5.97 Å². The number of carboxylic acids is 1. The molecule has 1 rings (SSSR count). The van der Waals surface area contributed by atoms with Crippen molar-refractivity contribution in [3.8, 4) is 0 Å². The van der Waals surface area contributed by atoms with Gasteiger partial charge in [0, 0.05) is 63.8 Å². The summed E-state index contributed by atoms with van der Waals surface area (Å²) in [6.07, 6.45) is 3.35. The molecule has 60 valence electrons. The molecule has 1 N–H and O–H groups in total. The van der Waals surface area contributed by atoms with Crippen LogP contribution in [0.3, 0.4) is 0 Å². The predicted molar refractivity (Wildman–Crippen MR) is 38.4 cm³/mol. The molecule has 0 unspecified atom stereocenters. The van der Waals surface area contributed by atoms with Crippen LogP contribution in [-0.2, 0) is 6.42 Å². The van der Waals surface area contributed by atoms with E-state index in [2.05, 4.69) is 9.97 Å². The van der Waals surface area contributed by atoms with Crippen molar-refractivity contribution in [2.75, 3.05) is 0 Å². The monoisotopic (exact) mass is 378 g/mol. The molecule has 0 atom stereocenters. The third kappa shape index (κ3) is 3.18. The first-order valence-electron chi connectivity index (χ1n) is 3.28. The van der Waals surface area contributed by atoms with Crippen molar-refractivity contribution in [3.05, 3.63) is 23.8 Å². The Bertz CT molecular complexity index is 261. The van der Waals surface area contributed by atoms with Crippen LogP contribution in [0.4, 0.5) is 0 Å². The first-order valence-corrected chi connectivity index (χ1v) is 3.28. The first kappa shape index (κ1) is 12.0. The SMILES string of the molecule is CCc1ncc(C(=O)O)cn1.[Ra]. The minimum Gasteiger partial charge on any atom is -0.478 e. The van der Waals surface area contributed by atoms with Crippen LogP contribution >= 0.6 is 0 Å². The van der Waals surface area contributed by atoms with Crippen LogP contribution in [0.1, 0.15) is 23.1 Å². The number of nitrogens with zero attached hydrogens (tertiary/aromatic N) is 2. The predicted octanol–water partition coefficient (Wildman–Crippen LogP) is 0.737. The van der Waals surface area contributed by atoms with Gasteiger partial charge in [0.15, 0.2) is 0 Å². The van der Waals surface area contributed by atoms with E-state index in [0.29, 0.717) is 5.82 Å². The average molecular weight is 378 g/mol. The maximum Gasteiger partial charge on any atom is 0.338 e. The van der Waals surface area contributed by atoms with Crippen molar-refractivity contribution in [3.63, 3.8) is 0 Å². The van der Waals surface area contributed by atoms with E-state index in [1.165, 1.54) is 12.4 Å². The molecule has 2 radical (unpaired) electrons. The van der Waals surface area contributed by atoms with E-state index in [1.54, 1.807) is 0 Å². The van der Waals surface area contributed by atoms with Gasteiger partial charge < -0.3 is 5.11 Å². The van der Waals surface area contributed by atoms with Gasteiger partial charge in [0.05, 0.1) is 5.56 Å². The molecule has 12 heavy (non-hydrogen) atoms. The van der Waals surface area contributed by atoms with E-state index in [0.717, 1.165) is 6.42 Å². The second-order valence-electron chi connectivity index (χ2n) is 2.05. The summed E-state index contributed by atoms with van der Waals surface area (Å²) in [5, 5.41) is 8.47. The topological polar surface area (TPSA) is 63.1 Å². The largest absolute Gasteiger partial charge is 0.478 e. The third-order valence-electron chi connectivity index (χ3n) is 1.27. The maximum absolute atomic E-state index is 10.3. The molecule has 1 aromatic rings. The number of carbonyl (C=O) groups is 1. The van der Waals surface area contributed by atoms with Crippen molar-refractivity contribution in [1.82, 2.24) is 9.97 Å². The second kappa shape index (κ2) is 5.63. The van der Waals surface area contributed by atoms with E-state index in [4.69, 9.17) is 5.11 Å². The zero-order chi connectivity index (χ0) is 8.27. The van der Waals surface area contributed by atoms with Crippen LogP contribution in [0.2, 0.25) is 0 Å². The molecule has 0 aliphatic carbocycles. The number of aromatic nitrogens is 2. The molecule has 0 saturated carbocycles. The van der Waals surface area contributed by atoms with Crippen molar-refractivity contribution >= 4 is 5.97 Å². The summed E-state index contributed by atoms with van der Waals surface area (Å²) in [6, 6.07) is 0. The van der Waals surface area contributed by atoms with Crippen molar-refractivity contribution < 1.29 is 54.9 Å². The van der Waals surface area contributed by atoms with Crippen molar-refractivity contribution in [2.45, 2.75) is 13.3 Å². The summed E-state index contributed by atoms with van der Waals surface area (Å²) >= 11 is 0. The number of rotatable bonds is 2. The molecular weight excluding hydrogens is 370 g/mol. The van der Waals surface area contributed by atoms with Gasteiger partial charge >= 0.3 is 5.97 Å². The summed E-state index contributed by atoms with van der Waals surface area (Å²) in [4.78, 5) is 18.0. The molecule has 0 bridgehead atoms. The zero-order valence-electron chi connectivity index (χ0n) is 6.82. The van der Waals surface area contributed by atoms with E-state index in [9.17, 15) is 4.79 Å². The molecular formula is C7H8N2O2Ra. The smallest absolute Gasteiger partial charge is 0.338 e. The Morgan fingerprint density at radius 2 is 2.00 bits per heavy atom. The zero-order valence-corrected chi connectivity index (χ0v) is 12.6. The van der Waals surface area contributed by atoms with Crippen LogP contribution in [0.15, 0.2) is 12.4 Å². The minimum atomic E-state index is -0.993. The Morgan fingerprint density at radius 1 is 1.50 bits per heavy atom. The second-order valence-corrected chi connectivity index (χ2v) is 2.05. The Balaban J connectivity index is 0.00000121. The summed E-state index contributed by atoms with van der Waals surface area (Å²) in [5.74, 6) is -0.331. The maximum atomic E-state index is 10.3. The molecule has 1 heterocycles. The van der Waals surface area contributed by atoms with Crippen LogP contribution in [0, 0.1) is 45.0 Å². The fourth-order valence-electron chi connectivity index (χ4n) is 0.648. The van der Waals surface area contributed by atoms with Crippen LogP contribution < -0.4 is 0 Å². The molecule has 0 spiro atoms. The Morgan fingerprint density at radius 3 is 2.33 bits per heavy atom. The van der Waals surface area contributed by atoms with Gasteiger partial charge in [-0.25, -0.2) is 14.8 Å². The molecule has 0 saturated heterocycles. The molecule has 5 heteroatoms. The third-order valence-corrected chi connectivity index (χ3v) is 1.27. The molecule has 4 nitrogen and oxygen atoms in total. The normalized spacial score (nSPS) is 8.75. The number of aryl methyl sites for hydroxylation is 1. The average Bonchev–Trinajstić information content (AvgIpc) is 2.05. The standard InChI is InChI=1S/C7H8N2O2.Ra/c1-2-6-8-3-5(4-9-6)7(10)11;/h3-4H,2H2,1H3,(H,10,11);. The molecule has 0 fully saturated rings. The van der Waals surface area contributed by atoms with Gasteiger partial charge in [0.2, 0.25) is 0 Å². The Labute approximate surface area is 107 Å². The summed E-state index contributed by atoms with van der Waals surface area (Å²) in [7, 11) is 0. The summed E-state index contributed by atoms with van der Waals surface area (Å²) in [6.45, 7) is 1.91. The van der Waals surface area contributed by atoms with Gasteiger partial charge in [-0.1, -0.05) is 6.92 Å². The fraction of sp³-hybridized carbons (Fsp3) is 0.286. The van der Waals surface area contributed by atoms with Gasteiger partial charge in [0.1, 0.15) is 5.82 Å². The van der Waals surface area contributed by atoms with Crippen LogP contribution in [-0.4, -0.2) is 21.0 Å². The van der Waals surface area contributed by atoms with E-state index in [-0.39, 0.29) is 50.6 Å². The molecule has 0 amide bonds. The number of aromatic carboxylic acids is 1. The Kier molecular flexibility index (Phi) is 5.64. The van der Waals surface area contributed by atoms with Crippen molar-refractivity contribution in [1.29, 1.82) is 0 Å². The number of carboxylic acid groups (broad SMARTS) is 1. The van der Waals surface area contributed by atoms with Gasteiger partial charge in [-0.2, -0.15) is 0 Å². The molecule has 1 aromatic heterocycles.